The summed E-state index contributed by atoms with van der Waals surface area (Å²) in [5.74, 6) is 0. The minimum atomic E-state index is -1.52. The molecule has 0 atom stereocenters. The predicted octanol–water partition coefficient (Wildman–Crippen LogP) is 13.0. The minimum absolute atomic E-state index is 0.877. The van der Waals surface area contributed by atoms with Crippen molar-refractivity contribution in [3.8, 4) is 44.5 Å². The van der Waals surface area contributed by atoms with Crippen LogP contribution < -0.4 is 20.7 Å². The Morgan fingerprint density at radius 2 is 0.562 bits per heavy atom. The molecule has 2 N–H and O–H groups in total. The number of aryl methyl sites for hydroxylation is 2. The van der Waals surface area contributed by atoms with Gasteiger partial charge in [0.2, 0.25) is 0 Å². The SMILES string of the molecule is C[Si](C)(C)c1ccc(-c2c3nc(c(-c4ccc([Si](C)(C)C)cc4)c4ccc([nH]4)c(-c4ccc([Si](C)(C)C)cc4)c4nc(c(-c5ccc([Si](C)(C)C)cc5)c5[nH]c2CC5)C=C4)C=C3)cc1. The molecule has 0 saturated heterocycles. The molecule has 6 aromatic rings. The molecule has 0 spiro atoms. The van der Waals surface area contributed by atoms with Crippen LogP contribution in [0.2, 0.25) is 78.6 Å². The van der Waals surface area contributed by atoms with E-state index in [4.69, 9.17) is 9.97 Å². The number of rotatable bonds is 8. The van der Waals surface area contributed by atoms with Gasteiger partial charge < -0.3 is 9.97 Å². The summed E-state index contributed by atoms with van der Waals surface area (Å²) in [6.45, 7) is 29.0. The van der Waals surface area contributed by atoms with Gasteiger partial charge in [-0.15, -0.1) is 0 Å². The van der Waals surface area contributed by atoms with E-state index in [1.54, 1.807) is 0 Å². The molecular weight excluding hydrogens is 841 g/mol. The zero-order chi connectivity index (χ0) is 45.3. The van der Waals surface area contributed by atoms with Crippen molar-refractivity contribution in [2.24, 2.45) is 0 Å². The van der Waals surface area contributed by atoms with Gasteiger partial charge >= 0.3 is 0 Å². The number of hydrogen-bond donors (Lipinski definition) is 2. The Morgan fingerprint density at radius 1 is 0.312 bits per heavy atom. The molecule has 8 heteroatoms. The average Bonchev–Trinajstić information content (AvgIpc) is 4.08. The molecule has 0 fully saturated rings. The van der Waals surface area contributed by atoms with Gasteiger partial charge in [0.1, 0.15) is 0 Å². The summed E-state index contributed by atoms with van der Waals surface area (Å²) in [7, 11) is -6.05. The summed E-state index contributed by atoms with van der Waals surface area (Å²) in [6.07, 6.45) is 10.7. The van der Waals surface area contributed by atoms with Crippen LogP contribution in [-0.4, -0.2) is 52.2 Å². The van der Waals surface area contributed by atoms with Crippen LogP contribution in [0.3, 0.4) is 0 Å². The monoisotopic (exact) mass is 904 g/mol. The Balaban J connectivity index is 1.41. The van der Waals surface area contributed by atoms with E-state index in [-0.39, 0.29) is 0 Å². The third-order valence-corrected chi connectivity index (χ3v) is 21.5. The van der Waals surface area contributed by atoms with Gasteiger partial charge in [0.25, 0.3) is 0 Å². The summed E-state index contributed by atoms with van der Waals surface area (Å²) in [6, 6.07) is 41.8. The minimum Gasteiger partial charge on any atom is -0.361 e. The zero-order valence-electron chi connectivity index (χ0n) is 40.0. The van der Waals surface area contributed by atoms with E-state index in [1.807, 2.05) is 0 Å². The predicted molar refractivity (Wildman–Crippen MR) is 291 cm³/mol. The van der Waals surface area contributed by atoms with E-state index in [2.05, 4.69) is 222 Å². The summed E-state index contributed by atoms with van der Waals surface area (Å²) >= 11 is 0. The van der Waals surface area contributed by atoms with E-state index in [1.165, 1.54) is 43.3 Å². The molecule has 3 aliphatic rings. The first-order valence-corrected chi connectivity index (χ1v) is 37.1. The number of aromatic amines is 2. The highest BCUT2D eigenvalue weighted by Crippen LogP contribution is 2.39. The van der Waals surface area contributed by atoms with Gasteiger partial charge in [-0.1, -0.05) is 196 Å². The summed E-state index contributed by atoms with van der Waals surface area (Å²) in [5.41, 5.74) is 17.6. The molecule has 9 rings (SSSR count). The van der Waals surface area contributed by atoms with Crippen molar-refractivity contribution in [3.05, 3.63) is 143 Å². The topological polar surface area (TPSA) is 57.4 Å². The van der Waals surface area contributed by atoms with Crippen molar-refractivity contribution in [2.45, 2.75) is 91.4 Å². The maximum Gasteiger partial charge on any atom is 0.0775 e. The number of hydrogen-bond acceptors (Lipinski definition) is 2. The van der Waals surface area contributed by atoms with Crippen molar-refractivity contribution in [1.29, 1.82) is 0 Å². The third kappa shape index (κ3) is 8.61. The molecule has 3 aliphatic heterocycles. The van der Waals surface area contributed by atoms with Gasteiger partial charge in [-0.05, 0) is 71.5 Å². The van der Waals surface area contributed by atoms with Crippen molar-refractivity contribution < 1.29 is 0 Å². The Kier molecular flexibility index (Phi) is 11.1. The maximum atomic E-state index is 5.62. The highest BCUT2D eigenvalue weighted by molar-refractivity contribution is 6.90. The van der Waals surface area contributed by atoms with E-state index in [0.717, 1.165) is 80.0 Å². The summed E-state index contributed by atoms with van der Waals surface area (Å²) < 4.78 is 0. The highest BCUT2D eigenvalue weighted by Gasteiger charge is 2.25. The molecule has 0 unspecified atom stereocenters. The molecule has 4 aromatic carbocycles. The van der Waals surface area contributed by atoms with Gasteiger partial charge in [-0.25, -0.2) is 9.97 Å². The molecule has 324 valence electrons. The smallest absolute Gasteiger partial charge is 0.0775 e. The fourth-order valence-electron chi connectivity index (χ4n) is 9.28. The average molecular weight is 905 g/mol. The van der Waals surface area contributed by atoms with Crippen LogP contribution in [0.25, 0.3) is 79.8 Å². The fraction of sp³-hybridized carbons (Fsp3) is 0.250. The molecule has 8 bridgehead atoms. The molecule has 4 nitrogen and oxygen atoms in total. The zero-order valence-corrected chi connectivity index (χ0v) is 44.0. The lowest BCUT2D eigenvalue weighted by molar-refractivity contribution is 1.02. The Morgan fingerprint density at radius 3 is 0.828 bits per heavy atom. The molecule has 0 aliphatic carbocycles. The molecule has 2 aromatic heterocycles. The summed E-state index contributed by atoms with van der Waals surface area (Å²) in [5, 5.41) is 5.80. The quantitative estimate of drug-likeness (QED) is 0.149. The number of aromatic nitrogens is 4. The first-order chi connectivity index (χ1) is 30.2. The maximum absolute atomic E-state index is 5.62. The lowest BCUT2D eigenvalue weighted by Crippen LogP contribution is -2.37. The number of nitrogens with one attached hydrogen (secondary N) is 2. The fourth-order valence-corrected chi connectivity index (χ4v) is 14.0. The Hall–Kier alpha value is -5.39. The molecular formula is C56H64N4Si4. The molecule has 64 heavy (non-hydrogen) atoms. The van der Waals surface area contributed by atoms with Crippen LogP contribution in [0.15, 0.2) is 109 Å². The number of H-pyrrole nitrogens is 2. The van der Waals surface area contributed by atoms with Crippen molar-refractivity contribution in [2.75, 3.05) is 0 Å². The Bertz CT molecular complexity index is 2830. The second-order valence-corrected chi connectivity index (χ2v) is 42.4. The van der Waals surface area contributed by atoms with Crippen LogP contribution in [-0.2, 0) is 12.8 Å². The first-order valence-electron chi connectivity index (χ1n) is 23.1. The largest absolute Gasteiger partial charge is 0.361 e. The van der Waals surface area contributed by atoms with E-state index in [0.29, 0.717) is 0 Å². The van der Waals surface area contributed by atoms with Crippen molar-refractivity contribution in [1.82, 2.24) is 19.9 Å². The lowest BCUT2D eigenvalue weighted by atomic mass is 9.99. The van der Waals surface area contributed by atoms with Crippen LogP contribution in [0, 0.1) is 0 Å². The van der Waals surface area contributed by atoms with Gasteiger partial charge in [-0.3, -0.25) is 0 Å². The highest BCUT2D eigenvalue weighted by atomic mass is 28.3. The second kappa shape index (κ2) is 16.2. The van der Waals surface area contributed by atoms with Crippen LogP contribution >= 0.6 is 0 Å². The third-order valence-electron chi connectivity index (χ3n) is 13.2. The van der Waals surface area contributed by atoms with Crippen LogP contribution in [0.4, 0.5) is 0 Å². The van der Waals surface area contributed by atoms with Gasteiger partial charge in [0.15, 0.2) is 0 Å². The molecule has 0 radical (unpaired) electrons. The number of nitrogens with zero attached hydrogens (tertiary/aromatic N) is 2. The molecule has 0 amide bonds. The number of fused-ring (bicyclic) bond motifs is 8. The summed E-state index contributed by atoms with van der Waals surface area (Å²) in [4.78, 5) is 19.3. The van der Waals surface area contributed by atoms with E-state index >= 15 is 0 Å². The van der Waals surface area contributed by atoms with Gasteiger partial charge in [0, 0.05) is 44.7 Å². The van der Waals surface area contributed by atoms with Crippen LogP contribution in [0.5, 0.6) is 0 Å². The van der Waals surface area contributed by atoms with Crippen molar-refractivity contribution >= 4 is 88.4 Å². The molecule has 0 saturated carbocycles. The second-order valence-electron chi connectivity index (χ2n) is 22.1. The van der Waals surface area contributed by atoms with Crippen molar-refractivity contribution in [3.63, 3.8) is 0 Å². The van der Waals surface area contributed by atoms with Gasteiger partial charge in [-0.2, -0.15) is 0 Å². The standard InChI is InChI=1S/C56H64N4Si4/c1-61(2,3)41-21-13-37(14-22-41)53-45-29-31-47(57-45)54(38-15-23-42(24-16-38)62(4,5)6)49-33-35-51(59-49)56(40-19-27-44(28-20-40)64(10,11)12)52-36-34-50(60-52)55(48-32-30-46(53)58-48)39-17-25-43(26-18-39)63(7,8)9/h13-33,35,57,60H,34,36H2,1-12H3. The first kappa shape index (κ1) is 43.8. The van der Waals surface area contributed by atoms with Crippen LogP contribution in [0.1, 0.15) is 34.2 Å². The Labute approximate surface area is 385 Å². The normalized spacial score (nSPS) is 13.7. The number of benzene rings is 4. The molecule has 5 heterocycles. The lowest BCUT2D eigenvalue weighted by Gasteiger charge is -2.17. The van der Waals surface area contributed by atoms with Gasteiger partial charge in [0.05, 0.1) is 55.1 Å². The van der Waals surface area contributed by atoms with E-state index in [9.17, 15) is 0 Å². The van der Waals surface area contributed by atoms with E-state index < -0.39 is 32.3 Å².